The van der Waals surface area contributed by atoms with E-state index in [0.717, 1.165) is 51.4 Å². The monoisotopic (exact) mass is 408 g/mol. The summed E-state index contributed by atoms with van der Waals surface area (Å²) in [5.41, 5.74) is 0.287. The Labute approximate surface area is 171 Å². The number of hydrogen-bond acceptors (Lipinski definition) is 2. The average molecular weight is 409 g/mol. The first-order valence-corrected chi connectivity index (χ1v) is 10.6. The average Bonchev–Trinajstić information content (AvgIpc) is 3.18. The lowest BCUT2D eigenvalue weighted by Gasteiger charge is -2.35. The molecule has 1 N–H and O–H groups in total. The lowest BCUT2D eigenvalue weighted by Crippen LogP contribution is -2.50. The molecule has 3 nitrogen and oxygen atoms in total. The summed E-state index contributed by atoms with van der Waals surface area (Å²) >= 11 is 0. The van der Waals surface area contributed by atoms with Crippen LogP contribution in [0.15, 0.2) is 35.9 Å². The number of piperidine rings is 1. The van der Waals surface area contributed by atoms with E-state index in [1.54, 1.807) is 6.07 Å². The number of halogens is 3. The highest BCUT2D eigenvalue weighted by Gasteiger charge is 2.44. The van der Waals surface area contributed by atoms with E-state index in [4.69, 9.17) is 0 Å². The highest BCUT2D eigenvalue weighted by molar-refractivity contribution is 5.89. The lowest BCUT2D eigenvalue weighted by molar-refractivity contribution is -0.138. The van der Waals surface area contributed by atoms with Gasteiger partial charge in [0.1, 0.15) is 0 Å². The summed E-state index contributed by atoms with van der Waals surface area (Å²) < 4.78 is 39.6. The van der Waals surface area contributed by atoms with Gasteiger partial charge in [-0.15, -0.1) is 0 Å². The molecule has 0 aromatic heterocycles. The molecule has 29 heavy (non-hydrogen) atoms. The van der Waals surface area contributed by atoms with Gasteiger partial charge in [0.2, 0.25) is 5.91 Å². The van der Waals surface area contributed by atoms with Crippen molar-refractivity contribution in [3.05, 3.63) is 47.0 Å². The second kappa shape index (κ2) is 8.90. The van der Waals surface area contributed by atoms with Crippen LogP contribution in [0, 0.1) is 0 Å². The van der Waals surface area contributed by atoms with Gasteiger partial charge in [-0.3, -0.25) is 9.69 Å². The van der Waals surface area contributed by atoms with E-state index in [-0.39, 0.29) is 11.9 Å². The Morgan fingerprint density at radius 2 is 1.86 bits per heavy atom. The molecule has 1 amide bonds. The van der Waals surface area contributed by atoms with Gasteiger partial charge in [-0.25, -0.2) is 0 Å². The normalized spacial score (nSPS) is 20.4. The van der Waals surface area contributed by atoms with Gasteiger partial charge < -0.3 is 5.32 Å². The Kier molecular flexibility index (Phi) is 6.72. The highest BCUT2D eigenvalue weighted by atomic mass is 19.4. The Morgan fingerprint density at radius 1 is 1.21 bits per heavy atom. The predicted molar refractivity (Wildman–Crippen MR) is 109 cm³/mol. The van der Waals surface area contributed by atoms with Gasteiger partial charge in [-0.05, 0) is 51.2 Å². The van der Waals surface area contributed by atoms with Crippen LogP contribution in [0.4, 0.5) is 13.2 Å². The number of likely N-dealkylation sites (tertiary alicyclic amines) is 1. The fourth-order valence-corrected chi connectivity index (χ4v) is 4.51. The summed E-state index contributed by atoms with van der Waals surface area (Å²) in [5, 5.41) is 3.18. The van der Waals surface area contributed by atoms with Crippen LogP contribution in [0.5, 0.6) is 0 Å². The maximum absolute atomic E-state index is 13.3. The number of allylic oxidation sites excluding steroid dienone is 1. The number of amides is 1. The Bertz CT molecular complexity index is 739. The third kappa shape index (κ3) is 5.21. The van der Waals surface area contributed by atoms with Gasteiger partial charge in [0, 0.05) is 25.7 Å². The zero-order valence-electron chi connectivity index (χ0n) is 17.3. The highest BCUT2D eigenvalue weighted by Crippen LogP contribution is 2.43. The molecule has 3 rings (SSSR count). The lowest BCUT2D eigenvalue weighted by atomic mass is 9.77. The molecule has 0 spiro atoms. The molecule has 0 radical (unpaired) electrons. The van der Waals surface area contributed by atoms with E-state index in [1.165, 1.54) is 17.7 Å². The van der Waals surface area contributed by atoms with Crippen LogP contribution >= 0.6 is 0 Å². The second-order valence-corrected chi connectivity index (χ2v) is 8.70. The standard InChI is InChI=1S/C23H31F3N2O/c1-17(2)8-13-28-14-9-20(10-15-28)27-21(29)22(11-3-4-12-22)18-6-5-7-19(16-18)23(24,25)26/h5-8,16,20H,3-4,9-15H2,1-2H3,(H,27,29). The molecule has 1 saturated carbocycles. The molecule has 2 fully saturated rings. The van der Waals surface area contributed by atoms with E-state index >= 15 is 0 Å². The molecular weight excluding hydrogens is 377 g/mol. The minimum Gasteiger partial charge on any atom is -0.353 e. The molecule has 0 atom stereocenters. The molecule has 2 aliphatic rings. The number of rotatable bonds is 5. The van der Waals surface area contributed by atoms with E-state index < -0.39 is 17.2 Å². The summed E-state index contributed by atoms with van der Waals surface area (Å²) in [7, 11) is 0. The molecule has 0 unspecified atom stereocenters. The van der Waals surface area contributed by atoms with Crippen LogP contribution < -0.4 is 5.32 Å². The van der Waals surface area contributed by atoms with Crippen molar-refractivity contribution in [2.45, 2.75) is 70.0 Å². The van der Waals surface area contributed by atoms with Gasteiger partial charge in [0.05, 0.1) is 11.0 Å². The molecule has 6 heteroatoms. The molecule has 1 aromatic carbocycles. The zero-order valence-corrected chi connectivity index (χ0v) is 17.3. The number of nitrogens with one attached hydrogen (secondary N) is 1. The van der Waals surface area contributed by atoms with E-state index in [9.17, 15) is 18.0 Å². The van der Waals surface area contributed by atoms with Crippen molar-refractivity contribution in [1.29, 1.82) is 0 Å². The minimum absolute atomic E-state index is 0.0914. The van der Waals surface area contributed by atoms with Gasteiger partial charge in [-0.1, -0.05) is 42.7 Å². The van der Waals surface area contributed by atoms with Gasteiger partial charge in [0.15, 0.2) is 0 Å². The van der Waals surface area contributed by atoms with Crippen molar-refractivity contribution in [3.8, 4) is 0 Å². The fraction of sp³-hybridized carbons (Fsp3) is 0.609. The van der Waals surface area contributed by atoms with E-state index in [1.807, 2.05) is 0 Å². The molecule has 1 aliphatic heterocycles. The number of alkyl halides is 3. The van der Waals surface area contributed by atoms with Crippen LogP contribution in [0.2, 0.25) is 0 Å². The van der Waals surface area contributed by atoms with Crippen LogP contribution in [-0.2, 0) is 16.4 Å². The number of hydrogen-bond donors (Lipinski definition) is 1. The van der Waals surface area contributed by atoms with Crippen molar-refractivity contribution in [1.82, 2.24) is 10.2 Å². The molecule has 1 saturated heterocycles. The molecule has 1 heterocycles. The fourth-order valence-electron chi connectivity index (χ4n) is 4.51. The number of nitrogens with zero attached hydrogens (tertiary/aromatic N) is 1. The Balaban J connectivity index is 1.69. The van der Waals surface area contributed by atoms with Crippen LogP contribution in [0.1, 0.15) is 63.5 Å². The predicted octanol–water partition coefficient (Wildman–Crippen LogP) is 5.06. The minimum atomic E-state index is -4.40. The first kappa shape index (κ1) is 21.9. The molecule has 0 bridgehead atoms. The largest absolute Gasteiger partial charge is 0.416 e. The number of carbonyl (C=O) groups excluding carboxylic acids is 1. The van der Waals surface area contributed by atoms with E-state index in [0.29, 0.717) is 18.4 Å². The molecule has 1 aromatic rings. The SMILES string of the molecule is CC(C)=CCN1CCC(NC(=O)C2(c3cccc(C(F)(F)F)c3)CCCC2)CC1. The summed E-state index contributed by atoms with van der Waals surface area (Å²) in [6.07, 6.45) is 2.52. The quantitative estimate of drug-likeness (QED) is 0.691. The summed E-state index contributed by atoms with van der Waals surface area (Å²) in [6.45, 7) is 6.94. The van der Waals surface area contributed by atoms with Crippen molar-refractivity contribution in [2.75, 3.05) is 19.6 Å². The zero-order chi connectivity index (χ0) is 21.1. The third-order valence-electron chi connectivity index (χ3n) is 6.31. The van der Waals surface area contributed by atoms with Crippen LogP contribution in [0.25, 0.3) is 0 Å². The maximum Gasteiger partial charge on any atom is 0.416 e. The van der Waals surface area contributed by atoms with Gasteiger partial charge >= 0.3 is 6.18 Å². The smallest absolute Gasteiger partial charge is 0.353 e. The van der Waals surface area contributed by atoms with Crippen LogP contribution in [0.3, 0.4) is 0 Å². The van der Waals surface area contributed by atoms with E-state index in [2.05, 4.69) is 30.1 Å². The second-order valence-electron chi connectivity index (χ2n) is 8.70. The van der Waals surface area contributed by atoms with Crippen molar-refractivity contribution < 1.29 is 18.0 Å². The maximum atomic E-state index is 13.3. The van der Waals surface area contributed by atoms with Gasteiger partial charge in [-0.2, -0.15) is 13.2 Å². The topological polar surface area (TPSA) is 32.3 Å². The van der Waals surface area contributed by atoms with Crippen molar-refractivity contribution in [2.24, 2.45) is 0 Å². The number of benzene rings is 1. The van der Waals surface area contributed by atoms with Crippen molar-refractivity contribution >= 4 is 5.91 Å². The van der Waals surface area contributed by atoms with Crippen molar-refractivity contribution in [3.63, 3.8) is 0 Å². The summed E-state index contributed by atoms with van der Waals surface area (Å²) in [5.74, 6) is -0.0999. The molecule has 160 valence electrons. The summed E-state index contributed by atoms with van der Waals surface area (Å²) in [6, 6.07) is 5.45. The summed E-state index contributed by atoms with van der Waals surface area (Å²) in [4.78, 5) is 15.6. The first-order chi connectivity index (χ1) is 13.7. The molecule has 1 aliphatic carbocycles. The Morgan fingerprint density at radius 3 is 2.45 bits per heavy atom. The third-order valence-corrected chi connectivity index (χ3v) is 6.31. The van der Waals surface area contributed by atoms with Crippen LogP contribution in [-0.4, -0.2) is 36.5 Å². The molecular formula is C23H31F3N2O. The first-order valence-electron chi connectivity index (χ1n) is 10.6. The Hall–Kier alpha value is -1.82. The number of carbonyl (C=O) groups is 1. The van der Waals surface area contributed by atoms with Gasteiger partial charge in [0.25, 0.3) is 0 Å².